The zero-order chi connectivity index (χ0) is 8.27. The quantitative estimate of drug-likeness (QED) is 0.621. The molecule has 1 N–H and O–H groups in total. The van der Waals surface area contributed by atoms with Crippen LogP contribution in [0, 0.1) is 5.92 Å². The fourth-order valence-corrected chi connectivity index (χ4v) is 1.65. The van der Waals surface area contributed by atoms with E-state index in [-0.39, 0.29) is 5.83 Å². The molecule has 0 aromatic carbocycles. The van der Waals surface area contributed by atoms with Crippen LogP contribution in [0.15, 0.2) is 11.4 Å². The second-order valence-electron chi connectivity index (χ2n) is 3.37. The minimum atomic E-state index is -0.415. The molecule has 0 amide bonds. The van der Waals surface area contributed by atoms with Crippen molar-refractivity contribution in [3.05, 3.63) is 11.4 Å². The van der Waals surface area contributed by atoms with Gasteiger partial charge in [0.2, 0.25) is 0 Å². The van der Waals surface area contributed by atoms with Gasteiger partial charge in [-0.15, -0.1) is 0 Å². The average molecular weight is 158 g/mol. The molecule has 0 bridgehead atoms. The van der Waals surface area contributed by atoms with Crippen LogP contribution < -0.4 is 0 Å². The Hall–Kier alpha value is -0.370. The Labute approximate surface area is 66.9 Å². The molecule has 2 heteroatoms. The minimum Gasteiger partial charge on any atom is -0.389 e. The Morgan fingerprint density at radius 1 is 1.73 bits per heavy atom. The van der Waals surface area contributed by atoms with Crippen molar-refractivity contribution in [2.75, 3.05) is 6.61 Å². The van der Waals surface area contributed by atoms with E-state index in [1.165, 1.54) is 6.42 Å². The standard InChI is InChI=1S/C9H15FO/c1-7-3-2-4-8(5-7)9(10)6-11/h7,11H,2-6H2,1H3/b9-8-. The first-order valence-electron chi connectivity index (χ1n) is 4.21. The predicted molar refractivity (Wildman–Crippen MR) is 42.9 cm³/mol. The highest BCUT2D eigenvalue weighted by molar-refractivity contribution is 5.10. The summed E-state index contributed by atoms with van der Waals surface area (Å²) in [6, 6.07) is 0. The van der Waals surface area contributed by atoms with Crippen LogP contribution in [-0.4, -0.2) is 11.7 Å². The minimum absolute atomic E-state index is 0.295. The molecule has 1 aliphatic carbocycles. The fourth-order valence-electron chi connectivity index (χ4n) is 1.65. The van der Waals surface area contributed by atoms with Crippen molar-refractivity contribution in [2.45, 2.75) is 32.6 Å². The van der Waals surface area contributed by atoms with E-state index in [1.807, 2.05) is 0 Å². The zero-order valence-electron chi connectivity index (χ0n) is 6.94. The van der Waals surface area contributed by atoms with Crippen molar-refractivity contribution >= 4 is 0 Å². The summed E-state index contributed by atoms with van der Waals surface area (Å²) in [5.74, 6) is 0.299. The summed E-state index contributed by atoms with van der Waals surface area (Å²) in [6.07, 6.45) is 3.95. The molecule has 1 fully saturated rings. The molecule has 0 heterocycles. The van der Waals surface area contributed by atoms with Gasteiger partial charge in [-0.3, -0.25) is 0 Å². The number of aliphatic hydroxyl groups excluding tert-OH is 1. The molecule has 64 valence electrons. The molecular formula is C9H15FO. The first-order valence-corrected chi connectivity index (χ1v) is 4.21. The van der Waals surface area contributed by atoms with Gasteiger partial charge in [-0.2, -0.15) is 0 Å². The lowest BCUT2D eigenvalue weighted by atomic mass is 9.86. The molecule has 1 unspecified atom stereocenters. The lowest BCUT2D eigenvalue weighted by Crippen LogP contribution is -2.06. The number of rotatable bonds is 1. The predicted octanol–water partition coefficient (Wildman–Crippen LogP) is 2.41. The van der Waals surface area contributed by atoms with E-state index < -0.39 is 6.61 Å². The summed E-state index contributed by atoms with van der Waals surface area (Å²) in [7, 11) is 0. The maximum absolute atomic E-state index is 12.8. The van der Waals surface area contributed by atoms with Crippen LogP contribution in [0.1, 0.15) is 32.6 Å². The summed E-state index contributed by atoms with van der Waals surface area (Å²) >= 11 is 0. The molecule has 1 nitrogen and oxygen atoms in total. The van der Waals surface area contributed by atoms with Gasteiger partial charge in [-0.25, -0.2) is 4.39 Å². The molecule has 11 heavy (non-hydrogen) atoms. The van der Waals surface area contributed by atoms with Crippen molar-refractivity contribution in [2.24, 2.45) is 5.92 Å². The van der Waals surface area contributed by atoms with Gasteiger partial charge in [-0.05, 0) is 30.8 Å². The Bertz CT molecular complexity index is 163. The van der Waals surface area contributed by atoms with Crippen LogP contribution in [-0.2, 0) is 0 Å². The van der Waals surface area contributed by atoms with Crippen LogP contribution in [0.2, 0.25) is 0 Å². The molecule has 1 atom stereocenters. The number of hydrogen-bond donors (Lipinski definition) is 1. The molecule has 0 spiro atoms. The number of halogens is 1. The monoisotopic (exact) mass is 158 g/mol. The van der Waals surface area contributed by atoms with E-state index in [9.17, 15) is 4.39 Å². The summed E-state index contributed by atoms with van der Waals surface area (Å²) in [6.45, 7) is 1.71. The number of aliphatic hydroxyl groups is 1. The lowest BCUT2D eigenvalue weighted by molar-refractivity contribution is 0.290. The van der Waals surface area contributed by atoms with Crippen molar-refractivity contribution in [1.82, 2.24) is 0 Å². The van der Waals surface area contributed by atoms with Crippen LogP contribution in [0.5, 0.6) is 0 Å². The van der Waals surface area contributed by atoms with E-state index in [4.69, 9.17) is 5.11 Å². The van der Waals surface area contributed by atoms with Gasteiger partial charge < -0.3 is 5.11 Å². The van der Waals surface area contributed by atoms with E-state index in [1.54, 1.807) is 0 Å². The van der Waals surface area contributed by atoms with Gasteiger partial charge in [-0.1, -0.05) is 13.3 Å². The molecule has 0 aromatic rings. The second kappa shape index (κ2) is 3.86. The highest BCUT2D eigenvalue weighted by Crippen LogP contribution is 2.30. The molecule has 0 saturated heterocycles. The molecule has 1 saturated carbocycles. The highest BCUT2D eigenvalue weighted by atomic mass is 19.1. The maximum atomic E-state index is 12.8. The van der Waals surface area contributed by atoms with Gasteiger partial charge in [0.05, 0.1) is 6.61 Å². The summed E-state index contributed by atoms with van der Waals surface area (Å²) in [4.78, 5) is 0. The van der Waals surface area contributed by atoms with Gasteiger partial charge in [0.15, 0.2) is 0 Å². The second-order valence-corrected chi connectivity index (χ2v) is 3.37. The van der Waals surface area contributed by atoms with Crippen molar-refractivity contribution < 1.29 is 9.50 Å². The van der Waals surface area contributed by atoms with Gasteiger partial charge in [0, 0.05) is 0 Å². The first-order chi connectivity index (χ1) is 5.24. The molecule has 0 radical (unpaired) electrons. The smallest absolute Gasteiger partial charge is 0.125 e. The molecule has 1 aliphatic rings. The van der Waals surface area contributed by atoms with Crippen LogP contribution in [0.25, 0.3) is 0 Å². The van der Waals surface area contributed by atoms with Crippen molar-refractivity contribution in [3.8, 4) is 0 Å². The van der Waals surface area contributed by atoms with Crippen LogP contribution >= 0.6 is 0 Å². The Morgan fingerprint density at radius 2 is 2.45 bits per heavy atom. The van der Waals surface area contributed by atoms with E-state index in [0.29, 0.717) is 5.92 Å². The van der Waals surface area contributed by atoms with E-state index in [2.05, 4.69) is 6.92 Å². The fraction of sp³-hybridized carbons (Fsp3) is 0.778. The Kier molecular flexibility index (Phi) is 3.06. The van der Waals surface area contributed by atoms with Gasteiger partial charge in [0.25, 0.3) is 0 Å². The topological polar surface area (TPSA) is 20.2 Å². The van der Waals surface area contributed by atoms with Crippen LogP contribution in [0.4, 0.5) is 4.39 Å². The largest absolute Gasteiger partial charge is 0.389 e. The van der Waals surface area contributed by atoms with E-state index in [0.717, 1.165) is 24.8 Å². The number of allylic oxidation sites excluding steroid dienone is 1. The summed E-state index contributed by atoms with van der Waals surface area (Å²) < 4.78 is 12.8. The normalized spacial score (nSPS) is 30.3. The molecule has 0 aliphatic heterocycles. The Morgan fingerprint density at radius 3 is 3.00 bits per heavy atom. The maximum Gasteiger partial charge on any atom is 0.125 e. The third-order valence-electron chi connectivity index (χ3n) is 2.29. The number of hydrogen-bond acceptors (Lipinski definition) is 1. The third-order valence-corrected chi connectivity index (χ3v) is 2.29. The zero-order valence-corrected chi connectivity index (χ0v) is 6.94. The average Bonchev–Trinajstić information content (AvgIpc) is 2.03. The molecule has 1 rings (SSSR count). The highest BCUT2D eigenvalue weighted by Gasteiger charge is 2.15. The van der Waals surface area contributed by atoms with Crippen molar-refractivity contribution in [1.29, 1.82) is 0 Å². The SMILES string of the molecule is CC1CCC/C(=C(/F)CO)C1. The van der Waals surface area contributed by atoms with Gasteiger partial charge >= 0.3 is 0 Å². The first kappa shape index (κ1) is 8.72. The van der Waals surface area contributed by atoms with Gasteiger partial charge in [0.1, 0.15) is 5.83 Å². The van der Waals surface area contributed by atoms with Crippen molar-refractivity contribution in [3.63, 3.8) is 0 Å². The molecular weight excluding hydrogens is 143 g/mol. The lowest BCUT2D eigenvalue weighted by Gasteiger charge is -2.20. The molecule has 0 aromatic heterocycles. The summed E-state index contributed by atoms with van der Waals surface area (Å²) in [5, 5.41) is 8.54. The summed E-state index contributed by atoms with van der Waals surface area (Å²) in [5.41, 5.74) is 0.839. The van der Waals surface area contributed by atoms with Crippen LogP contribution in [0.3, 0.4) is 0 Å². The van der Waals surface area contributed by atoms with E-state index >= 15 is 0 Å². The third kappa shape index (κ3) is 2.29. The Balaban J connectivity index is 2.58.